The van der Waals surface area contributed by atoms with Crippen molar-refractivity contribution in [1.82, 2.24) is 14.8 Å². The molecule has 0 atom stereocenters. The number of hydrogen-bond donors (Lipinski definition) is 1. The van der Waals surface area contributed by atoms with Gasteiger partial charge in [-0.05, 0) is 39.3 Å². The molecule has 0 aromatic carbocycles. The van der Waals surface area contributed by atoms with Crippen molar-refractivity contribution in [2.45, 2.75) is 34.2 Å². The van der Waals surface area contributed by atoms with Gasteiger partial charge in [-0.1, -0.05) is 0 Å². The number of nitrogen functional groups attached to an aromatic ring is 1. The third-order valence-corrected chi connectivity index (χ3v) is 2.97. The van der Waals surface area contributed by atoms with Crippen LogP contribution in [0.5, 0.6) is 0 Å². The molecule has 2 heterocycles. The van der Waals surface area contributed by atoms with Crippen molar-refractivity contribution in [3.63, 3.8) is 0 Å². The summed E-state index contributed by atoms with van der Waals surface area (Å²) < 4.78 is 1.98. The van der Waals surface area contributed by atoms with Crippen molar-refractivity contribution in [3.05, 3.63) is 29.2 Å². The van der Waals surface area contributed by atoms with Gasteiger partial charge >= 0.3 is 0 Å². The number of pyridine rings is 1. The fraction of sp³-hybridized carbons (Fsp3) is 0.385. The zero-order valence-corrected chi connectivity index (χ0v) is 10.8. The summed E-state index contributed by atoms with van der Waals surface area (Å²) in [5, 5.41) is 4.49. The Kier molecular flexibility index (Phi) is 2.88. The van der Waals surface area contributed by atoms with E-state index < -0.39 is 0 Å². The molecule has 0 radical (unpaired) electrons. The van der Waals surface area contributed by atoms with Gasteiger partial charge in [0.05, 0.1) is 17.1 Å². The third kappa shape index (κ3) is 1.90. The Morgan fingerprint density at radius 1 is 1.29 bits per heavy atom. The average Bonchev–Trinajstić information content (AvgIpc) is 2.55. The molecule has 90 valence electrons. The summed E-state index contributed by atoms with van der Waals surface area (Å²) in [6.45, 7) is 8.98. The molecule has 0 saturated heterocycles. The average molecular weight is 230 g/mol. The van der Waals surface area contributed by atoms with Crippen LogP contribution >= 0.6 is 0 Å². The van der Waals surface area contributed by atoms with E-state index in [1.54, 1.807) is 0 Å². The molecule has 0 aliphatic heterocycles. The zero-order valence-electron chi connectivity index (χ0n) is 10.8. The minimum Gasteiger partial charge on any atom is -0.397 e. The summed E-state index contributed by atoms with van der Waals surface area (Å²) in [6, 6.07) is 1.95. The topological polar surface area (TPSA) is 56.7 Å². The lowest BCUT2D eigenvalue weighted by molar-refractivity contribution is 0.634. The maximum Gasteiger partial charge on any atom is 0.0968 e. The molecule has 4 heteroatoms. The SMILES string of the molecule is CCn1nc(C)c(-c2ncc(C)cc2N)c1C. The predicted octanol–water partition coefficient (Wildman–Crippen LogP) is 2.47. The highest BCUT2D eigenvalue weighted by Crippen LogP contribution is 2.29. The van der Waals surface area contributed by atoms with Gasteiger partial charge in [0.1, 0.15) is 0 Å². The molecule has 4 nitrogen and oxygen atoms in total. The van der Waals surface area contributed by atoms with Gasteiger partial charge in [0.2, 0.25) is 0 Å². The van der Waals surface area contributed by atoms with E-state index in [1.165, 1.54) is 0 Å². The van der Waals surface area contributed by atoms with Gasteiger partial charge in [-0.3, -0.25) is 9.67 Å². The molecule has 2 aromatic heterocycles. The number of aryl methyl sites for hydroxylation is 3. The Hall–Kier alpha value is -1.84. The van der Waals surface area contributed by atoms with Crippen LogP contribution in [0.4, 0.5) is 5.69 Å². The Labute approximate surface area is 101 Å². The molecule has 0 aliphatic rings. The first-order valence-corrected chi connectivity index (χ1v) is 5.81. The molecule has 0 spiro atoms. The molecule has 0 amide bonds. The number of nitrogens with two attached hydrogens (primary N) is 1. The minimum absolute atomic E-state index is 0.715. The number of hydrogen-bond acceptors (Lipinski definition) is 3. The molecule has 0 unspecified atom stereocenters. The molecule has 0 saturated carbocycles. The van der Waals surface area contributed by atoms with Crippen LogP contribution in [0.3, 0.4) is 0 Å². The highest BCUT2D eigenvalue weighted by molar-refractivity contribution is 5.76. The standard InChI is InChI=1S/C13H18N4/c1-5-17-10(4)12(9(3)16-17)13-11(14)6-8(2)7-15-13/h6-7H,5,14H2,1-4H3. The highest BCUT2D eigenvalue weighted by atomic mass is 15.3. The Bertz CT molecular complexity index is 555. The summed E-state index contributed by atoms with van der Waals surface area (Å²) >= 11 is 0. The molecule has 2 N–H and O–H groups in total. The van der Waals surface area contributed by atoms with Crippen molar-refractivity contribution >= 4 is 5.69 Å². The fourth-order valence-electron chi connectivity index (χ4n) is 2.15. The van der Waals surface area contributed by atoms with Gasteiger partial charge in [0.15, 0.2) is 0 Å². The first kappa shape index (κ1) is 11.6. The van der Waals surface area contributed by atoms with E-state index in [9.17, 15) is 0 Å². The number of aromatic nitrogens is 3. The summed E-state index contributed by atoms with van der Waals surface area (Å²) in [5.41, 5.74) is 11.8. The van der Waals surface area contributed by atoms with Gasteiger partial charge in [-0.15, -0.1) is 0 Å². The quantitative estimate of drug-likeness (QED) is 0.862. The number of nitrogens with zero attached hydrogens (tertiary/aromatic N) is 3. The largest absolute Gasteiger partial charge is 0.397 e. The van der Waals surface area contributed by atoms with Crippen LogP contribution in [0.15, 0.2) is 12.3 Å². The lowest BCUT2D eigenvalue weighted by Gasteiger charge is -2.06. The smallest absolute Gasteiger partial charge is 0.0968 e. The predicted molar refractivity (Wildman–Crippen MR) is 69.8 cm³/mol. The summed E-state index contributed by atoms with van der Waals surface area (Å²) in [7, 11) is 0. The van der Waals surface area contributed by atoms with Crippen LogP contribution in [0.2, 0.25) is 0 Å². The van der Waals surface area contributed by atoms with Crippen molar-refractivity contribution in [2.24, 2.45) is 0 Å². The Morgan fingerprint density at radius 2 is 2.00 bits per heavy atom. The Balaban J connectivity index is 2.64. The third-order valence-electron chi connectivity index (χ3n) is 2.97. The van der Waals surface area contributed by atoms with Crippen LogP contribution in [0.1, 0.15) is 23.9 Å². The second kappa shape index (κ2) is 4.20. The molecule has 2 aromatic rings. The van der Waals surface area contributed by atoms with Crippen LogP contribution in [0.25, 0.3) is 11.3 Å². The van der Waals surface area contributed by atoms with Gasteiger partial charge in [0, 0.05) is 24.0 Å². The van der Waals surface area contributed by atoms with Gasteiger partial charge in [-0.2, -0.15) is 5.10 Å². The van der Waals surface area contributed by atoms with Crippen LogP contribution in [0, 0.1) is 20.8 Å². The molecule has 0 fully saturated rings. The normalized spacial score (nSPS) is 10.8. The first-order chi connectivity index (χ1) is 8.04. The number of rotatable bonds is 2. The summed E-state index contributed by atoms with van der Waals surface area (Å²) in [6.07, 6.45) is 1.84. The molecule has 17 heavy (non-hydrogen) atoms. The van der Waals surface area contributed by atoms with Gasteiger partial charge < -0.3 is 5.73 Å². The summed E-state index contributed by atoms with van der Waals surface area (Å²) in [4.78, 5) is 4.44. The van der Waals surface area contributed by atoms with Crippen LogP contribution in [-0.2, 0) is 6.54 Å². The van der Waals surface area contributed by atoms with Crippen molar-refractivity contribution in [3.8, 4) is 11.3 Å². The second-order valence-electron chi connectivity index (χ2n) is 4.31. The van der Waals surface area contributed by atoms with E-state index in [-0.39, 0.29) is 0 Å². The van der Waals surface area contributed by atoms with E-state index in [2.05, 4.69) is 23.9 Å². The van der Waals surface area contributed by atoms with Crippen LogP contribution < -0.4 is 5.73 Å². The first-order valence-electron chi connectivity index (χ1n) is 5.81. The highest BCUT2D eigenvalue weighted by Gasteiger charge is 2.15. The van der Waals surface area contributed by atoms with Gasteiger partial charge in [-0.25, -0.2) is 0 Å². The summed E-state index contributed by atoms with van der Waals surface area (Å²) in [5.74, 6) is 0. The van der Waals surface area contributed by atoms with Crippen LogP contribution in [-0.4, -0.2) is 14.8 Å². The second-order valence-corrected chi connectivity index (χ2v) is 4.31. The lowest BCUT2D eigenvalue weighted by Crippen LogP contribution is -1.99. The Morgan fingerprint density at radius 3 is 2.53 bits per heavy atom. The van der Waals surface area contributed by atoms with Crippen molar-refractivity contribution < 1.29 is 0 Å². The maximum atomic E-state index is 6.04. The minimum atomic E-state index is 0.715. The molecule has 2 rings (SSSR count). The lowest BCUT2D eigenvalue weighted by atomic mass is 10.1. The maximum absolute atomic E-state index is 6.04. The van der Waals surface area contributed by atoms with E-state index in [1.807, 2.05) is 30.8 Å². The van der Waals surface area contributed by atoms with Crippen molar-refractivity contribution in [1.29, 1.82) is 0 Å². The van der Waals surface area contributed by atoms with Gasteiger partial charge in [0.25, 0.3) is 0 Å². The van der Waals surface area contributed by atoms with E-state index in [0.29, 0.717) is 5.69 Å². The molecular formula is C13H18N4. The van der Waals surface area contributed by atoms with Crippen molar-refractivity contribution in [2.75, 3.05) is 5.73 Å². The molecular weight excluding hydrogens is 212 g/mol. The van der Waals surface area contributed by atoms with E-state index in [4.69, 9.17) is 5.73 Å². The molecule has 0 bridgehead atoms. The zero-order chi connectivity index (χ0) is 12.6. The van der Waals surface area contributed by atoms with E-state index in [0.717, 1.165) is 34.8 Å². The number of anilines is 1. The fourth-order valence-corrected chi connectivity index (χ4v) is 2.15. The van der Waals surface area contributed by atoms with E-state index >= 15 is 0 Å². The molecule has 0 aliphatic carbocycles. The monoisotopic (exact) mass is 230 g/mol.